The average molecular weight is 324 g/mol. The van der Waals surface area contributed by atoms with Crippen LogP contribution in [0.25, 0.3) is 11.2 Å². The number of aryl methyl sites for hydroxylation is 1. The zero-order valence-electron chi connectivity index (χ0n) is 14.0. The molecule has 0 saturated heterocycles. The molecule has 0 aliphatic heterocycles. The number of likely N-dealkylation sites (N-methyl/N-ethyl adjacent to an activating group) is 2. The molecule has 0 fully saturated rings. The molecular formula is C17H20N6O. The standard InChI is InChI=1S/C17H20N6O/c1-12-4-6-13(7-5-12)8-22(2)14(24)9-23(3)17-15-16(19-10-18-15)20-11-21-17/h4-7,10-11H,8-9H2,1-3H3,(H,18,19,20,21). The number of benzene rings is 1. The molecule has 3 rings (SSSR count). The van der Waals surface area contributed by atoms with Crippen LogP contribution in [0.1, 0.15) is 11.1 Å². The zero-order chi connectivity index (χ0) is 17.1. The number of carbonyl (C=O) groups is 1. The summed E-state index contributed by atoms with van der Waals surface area (Å²) >= 11 is 0. The molecule has 0 spiro atoms. The fourth-order valence-electron chi connectivity index (χ4n) is 2.50. The van der Waals surface area contributed by atoms with Gasteiger partial charge < -0.3 is 14.8 Å². The molecule has 1 aromatic carbocycles. The number of hydrogen-bond donors (Lipinski definition) is 1. The normalized spacial score (nSPS) is 10.8. The van der Waals surface area contributed by atoms with Crippen molar-refractivity contribution in [3.63, 3.8) is 0 Å². The Bertz CT molecular complexity index is 842. The molecule has 0 saturated carbocycles. The van der Waals surface area contributed by atoms with Gasteiger partial charge in [0, 0.05) is 20.6 Å². The molecule has 0 radical (unpaired) electrons. The van der Waals surface area contributed by atoms with Crippen LogP contribution in [0.4, 0.5) is 5.82 Å². The molecule has 0 aliphatic rings. The molecule has 2 aromatic heterocycles. The van der Waals surface area contributed by atoms with Crippen molar-refractivity contribution in [2.75, 3.05) is 25.5 Å². The van der Waals surface area contributed by atoms with Gasteiger partial charge in [0.05, 0.1) is 12.9 Å². The smallest absolute Gasteiger partial charge is 0.242 e. The van der Waals surface area contributed by atoms with Gasteiger partial charge in [-0.25, -0.2) is 15.0 Å². The largest absolute Gasteiger partial charge is 0.348 e. The van der Waals surface area contributed by atoms with E-state index in [1.165, 1.54) is 11.9 Å². The molecule has 0 atom stereocenters. The average Bonchev–Trinajstić information content (AvgIpc) is 3.05. The summed E-state index contributed by atoms with van der Waals surface area (Å²) in [6, 6.07) is 8.19. The quantitative estimate of drug-likeness (QED) is 0.774. The summed E-state index contributed by atoms with van der Waals surface area (Å²) in [5, 5.41) is 0. The van der Waals surface area contributed by atoms with Crippen LogP contribution in [0.3, 0.4) is 0 Å². The van der Waals surface area contributed by atoms with Crippen molar-refractivity contribution in [2.24, 2.45) is 0 Å². The highest BCUT2D eigenvalue weighted by Crippen LogP contribution is 2.18. The lowest BCUT2D eigenvalue weighted by atomic mass is 10.1. The minimum absolute atomic E-state index is 0.0179. The lowest BCUT2D eigenvalue weighted by Crippen LogP contribution is -2.36. The highest BCUT2D eigenvalue weighted by atomic mass is 16.2. The zero-order valence-corrected chi connectivity index (χ0v) is 14.0. The van der Waals surface area contributed by atoms with Gasteiger partial charge in [-0.2, -0.15) is 0 Å². The van der Waals surface area contributed by atoms with Gasteiger partial charge in [0.15, 0.2) is 11.5 Å². The Morgan fingerprint density at radius 2 is 1.88 bits per heavy atom. The van der Waals surface area contributed by atoms with E-state index in [9.17, 15) is 4.79 Å². The van der Waals surface area contributed by atoms with Gasteiger partial charge in [-0.3, -0.25) is 4.79 Å². The van der Waals surface area contributed by atoms with Crippen molar-refractivity contribution < 1.29 is 4.79 Å². The number of imidazole rings is 1. The summed E-state index contributed by atoms with van der Waals surface area (Å²) in [5.74, 6) is 0.680. The van der Waals surface area contributed by atoms with Gasteiger partial charge in [-0.1, -0.05) is 29.8 Å². The molecule has 1 amide bonds. The summed E-state index contributed by atoms with van der Waals surface area (Å²) in [5.41, 5.74) is 3.64. The molecule has 124 valence electrons. The first kappa shape index (κ1) is 15.9. The van der Waals surface area contributed by atoms with Gasteiger partial charge in [-0.05, 0) is 12.5 Å². The Morgan fingerprint density at radius 1 is 1.12 bits per heavy atom. The van der Waals surface area contributed by atoms with E-state index in [4.69, 9.17) is 0 Å². The summed E-state index contributed by atoms with van der Waals surface area (Å²) in [6.07, 6.45) is 3.03. The van der Waals surface area contributed by atoms with Crippen molar-refractivity contribution in [1.82, 2.24) is 24.8 Å². The number of amides is 1. The number of nitrogens with zero attached hydrogens (tertiary/aromatic N) is 5. The number of aromatic amines is 1. The third-order valence-electron chi connectivity index (χ3n) is 3.90. The van der Waals surface area contributed by atoms with Gasteiger partial charge in [0.1, 0.15) is 11.8 Å². The predicted octanol–water partition coefficient (Wildman–Crippen LogP) is 1.76. The summed E-state index contributed by atoms with van der Waals surface area (Å²) in [4.78, 5) is 31.5. The first-order chi connectivity index (χ1) is 11.5. The van der Waals surface area contributed by atoms with Crippen LogP contribution in [0, 0.1) is 6.92 Å². The number of hydrogen-bond acceptors (Lipinski definition) is 5. The van der Waals surface area contributed by atoms with E-state index < -0.39 is 0 Å². The van der Waals surface area contributed by atoms with Crippen molar-refractivity contribution in [2.45, 2.75) is 13.5 Å². The first-order valence-corrected chi connectivity index (χ1v) is 7.69. The number of anilines is 1. The molecule has 2 heterocycles. The van der Waals surface area contributed by atoms with Crippen molar-refractivity contribution in [3.8, 4) is 0 Å². The topological polar surface area (TPSA) is 78.0 Å². The first-order valence-electron chi connectivity index (χ1n) is 7.69. The molecule has 7 nitrogen and oxygen atoms in total. The van der Waals surface area contributed by atoms with Crippen LogP contribution in [-0.2, 0) is 11.3 Å². The molecule has 0 unspecified atom stereocenters. The van der Waals surface area contributed by atoms with E-state index >= 15 is 0 Å². The second-order valence-electron chi connectivity index (χ2n) is 5.89. The molecule has 1 N–H and O–H groups in total. The van der Waals surface area contributed by atoms with Crippen molar-refractivity contribution in [3.05, 3.63) is 48.0 Å². The third-order valence-corrected chi connectivity index (χ3v) is 3.90. The maximum absolute atomic E-state index is 12.5. The Morgan fingerprint density at radius 3 is 2.62 bits per heavy atom. The van der Waals surface area contributed by atoms with E-state index in [-0.39, 0.29) is 12.5 Å². The Balaban J connectivity index is 1.67. The van der Waals surface area contributed by atoms with Gasteiger partial charge in [0.25, 0.3) is 0 Å². The van der Waals surface area contributed by atoms with E-state index in [0.717, 1.165) is 11.1 Å². The van der Waals surface area contributed by atoms with Crippen molar-refractivity contribution >= 4 is 22.9 Å². The van der Waals surface area contributed by atoms with Crippen LogP contribution in [0.2, 0.25) is 0 Å². The van der Waals surface area contributed by atoms with Gasteiger partial charge >= 0.3 is 0 Å². The Labute approximate surface area is 140 Å². The minimum atomic E-state index is 0.0179. The molecule has 24 heavy (non-hydrogen) atoms. The lowest BCUT2D eigenvalue weighted by Gasteiger charge is -2.23. The van der Waals surface area contributed by atoms with Crippen LogP contribution in [0.5, 0.6) is 0 Å². The minimum Gasteiger partial charge on any atom is -0.348 e. The highest BCUT2D eigenvalue weighted by Gasteiger charge is 2.16. The maximum Gasteiger partial charge on any atom is 0.242 e. The SMILES string of the molecule is Cc1ccc(CN(C)C(=O)CN(C)c2ncnc3nc[nH]c23)cc1. The summed E-state index contributed by atoms with van der Waals surface area (Å²) in [7, 11) is 3.64. The number of rotatable bonds is 5. The van der Waals surface area contributed by atoms with E-state index in [1.54, 1.807) is 16.1 Å². The Hall–Kier alpha value is -2.96. The fourth-order valence-corrected chi connectivity index (χ4v) is 2.50. The number of fused-ring (bicyclic) bond motifs is 1. The monoisotopic (exact) mass is 324 g/mol. The molecule has 7 heteroatoms. The lowest BCUT2D eigenvalue weighted by molar-refractivity contribution is -0.128. The maximum atomic E-state index is 12.5. The van der Waals surface area contributed by atoms with Gasteiger partial charge in [-0.15, -0.1) is 0 Å². The molecule has 0 bridgehead atoms. The third kappa shape index (κ3) is 3.34. The van der Waals surface area contributed by atoms with Crippen LogP contribution in [-0.4, -0.2) is 51.4 Å². The molecular weight excluding hydrogens is 304 g/mol. The van der Waals surface area contributed by atoms with Crippen LogP contribution >= 0.6 is 0 Å². The second-order valence-corrected chi connectivity index (χ2v) is 5.89. The predicted molar refractivity (Wildman–Crippen MR) is 92.6 cm³/mol. The van der Waals surface area contributed by atoms with E-state index in [0.29, 0.717) is 18.0 Å². The van der Waals surface area contributed by atoms with E-state index in [1.807, 2.05) is 33.2 Å². The molecule has 3 aromatic rings. The number of aromatic nitrogens is 4. The Kier molecular flexibility index (Phi) is 4.41. The highest BCUT2D eigenvalue weighted by molar-refractivity contribution is 5.86. The summed E-state index contributed by atoms with van der Waals surface area (Å²) < 4.78 is 0. The number of nitrogens with one attached hydrogen (secondary N) is 1. The molecule has 0 aliphatic carbocycles. The fraction of sp³-hybridized carbons (Fsp3) is 0.294. The van der Waals surface area contributed by atoms with Crippen LogP contribution in [0.15, 0.2) is 36.9 Å². The summed E-state index contributed by atoms with van der Waals surface area (Å²) in [6.45, 7) is 2.86. The van der Waals surface area contributed by atoms with E-state index in [2.05, 4.69) is 32.1 Å². The van der Waals surface area contributed by atoms with Gasteiger partial charge in [0.2, 0.25) is 5.91 Å². The van der Waals surface area contributed by atoms with Crippen LogP contribution < -0.4 is 4.90 Å². The number of H-pyrrole nitrogens is 1. The second kappa shape index (κ2) is 6.66. The number of carbonyl (C=O) groups excluding carboxylic acids is 1. The van der Waals surface area contributed by atoms with Crippen molar-refractivity contribution in [1.29, 1.82) is 0 Å².